The Labute approximate surface area is 276 Å². The fraction of sp³-hybridized carbons (Fsp3) is 0.462. The molecule has 0 aliphatic carbocycles. The number of nitrogens with two attached hydrogens (primary N) is 1. The van der Waals surface area contributed by atoms with Crippen LogP contribution in [0.5, 0.6) is 11.5 Å². The van der Waals surface area contributed by atoms with Crippen LogP contribution in [0.1, 0.15) is 39.0 Å². The van der Waals surface area contributed by atoms with Crippen molar-refractivity contribution in [3.8, 4) is 11.5 Å². The molecule has 1 aromatic carbocycles. The van der Waals surface area contributed by atoms with Crippen molar-refractivity contribution >= 4 is 92.1 Å². The van der Waals surface area contributed by atoms with Gasteiger partial charge in [0.2, 0.25) is 6.79 Å². The molecule has 42 heavy (non-hydrogen) atoms. The first kappa shape index (κ1) is 32.3. The van der Waals surface area contributed by atoms with Gasteiger partial charge in [-0.15, -0.1) is 0 Å². The molecule has 219 valence electrons. The number of esters is 1. The van der Waals surface area contributed by atoms with Gasteiger partial charge in [-0.25, -0.2) is 15.0 Å². The largest absolute Gasteiger partial charge is 0.481 e. The van der Waals surface area contributed by atoms with Crippen LogP contribution in [0.4, 0.5) is 5.82 Å². The first-order valence-corrected chi connectivity index (χ1v) is 14.7. The molecule has 5 rings (SSSR count). The van der Waals surface area contributed by atoms with Crippen LogP contribution in [0.2, 0.25) is 0 Å². The molecule has 0 unspecified atom stereocenters. The minimum Gasteiger partial charge on any atom is -0.481 e. The molecular formula is C26H29BrN6NaO7S. The van der Waals surface area contributed by atoms with Crippen molar-refractivity contribution in [2.24, 2.45) is 5.92 Å². The van der Waals surface area contributed by atoms with Crippen molar-refractivity contribution in [2.75, 3.05) is 25.6 Å². The van der Waals surface area contributed by atoms with Gasteiger partial charge in [-0.05, 0) is 60.2 Å². The number of nitrogens with zero attached hydrogens (tertiary/aromatic N) is 5. The Morgan fingerprint density at radius 1 is 1.19 bits per heavy atom. The van der Waals surface area contributed by atoms with Gasteiger partial charge in [0.15, 0.2) is 39.7 Å². The van der Waals surface area contributed by atoms with Gasteiger partial charge in [0.1, 0.15) is 6.33 Å². The van der Waals surface area contributed by atoms with Crippen molar-refractivity contribution in [3.63, 3.8) is 0 Å². The number of carboxylic acid groups (broad SMARTS) is 1. The second-order valence-corrected chi connectivity index (χ2v) is 11.7. The maximum atomic E-state index is 12.8. The number of hydrogen-bond donors (Lipinski definition) is 2. The van der Waals surface area contributed by atoms with Crippen LogP contribution in [0.3, 0.4) is 0 Å². The number of benzene rings is 1. The first-order valence-electron chi connectivity index (χ1n) is 13.1. The second kappa shape index (κ2) is 14.3. The number of imidazole rings is 1. The van der Waals surface area contributed by atoms with E-state index in [9.17, 15) is 14.4 Å². The van der Waals surface area contributed by atoms with Crippen molar-refractivity contribution in [3.05, 3.63) is 22.9 Å². The van der Waals surface area contributed by atoms with Gasteiger partial charge in [0.25, 0.3) is 5.91 Å². The van der Waals surface area contributed by atoms with Crippen molar-refractivity contribution in [2.45, 2.75) is 61.7 Å². The number of piperidine rings is 1. The number of carbonyl (C=O) groups is 3. The number of halogens is 1. The van der Waals surface area contributed by atoms with Crippen LogP contribution < -0.4 is 15.2 Å². The zero-order chi connectivity index (χ0) is 29.1. The molecule has 3 aromatic rings. The Balaban J connectivity index is 0.00000405. The van der Waals surface area contributed by atoms with E-state index in [2.05, 4.69) is 25.9 Å². The number of amides is 1. The summed E-state index contributed by atoms with van der Waals surface area (Å²) in [6, 6.07) is 3.78. The van der Waals surface area contributed by atoms with E-state index in [-0.39, 0.29) is 55.1 Å². The summed E-state index contributed by atoms with van der Waals surface area (Å²) in [5, 5.41) is 9.43. The molecule has 0 spiro atoms. The number of hydrogen-bond acceptors (Lipinski definition) is 11. The number of likely N-dealkylation sites (tertiary alicyclic amines) is 1. The molecule has 0 bridgehead atoms. The number of fused-ring (bicyclic) bond motifs is 2. The Morgan fingerprint density at radius 3 is 2.62 bits per heavy atom. The van der Waals surface area contributed by atoms with Gasteiger partial charge < -0.3 is 34.5 Å². The van der Waals surface area contributed by atoms with Crippen LogP contribution in [0, 0.1) is 5.92 Å². The van der Waals surface area contributed by atoms with Crippen LogP contribution in [0.25, 0.3) is 11.2 Å². The zero-order valence-electron chi connectivity index (χ0n) is 23.2. The quantitative estimate of drug-likeness (QED) is 0.239. The van der Waals surface area contributed by atoms with Gasteiger partial charge in [0.05, 0.1) is 12.8 Å². The monoisotopic (exact) mass is 671 g/mol. The average Bonchev–Trinajstić information content (AvgIpc) is 3.55. The average molecular weight is 673 g/mol. The molecule has 1 saturated heterocycles. The van der Waals surface area contributed by atoms with Gasteiger partial charge in [-0.2, -0.15) is 0 Å². The summed E-state index contributed by atoms with van der Waals surface area (Å²) < 4.78 is 19.0. The molecule has 4 heterocycles. The summed E-state index contributed by atoms with van der Waals surface area (Å²) >= 11 is 5.08. The van der Waals surface area contributed by atoms with Crippen LogP contribution in [0.15, 0.2) is 33.0 Å². The molecule has 16 heteroatoms. The molecule has 3 N–H and O–H groups in total. The van der Waals surface area contributed by atoms with Crippen molar-refractivity contribution in [1.82, 2.24) is 24.4 Å². The fourth-order valence-electron chi connectivity index (χ4n) is 4.81. The number of nitrogen functional groups attached to an aromatic ring is 1. The van der Waals surface area contributed by atoms with E-state index in [0.29, 0.717) is 54.0 Å². The summed E-state index contributed by atoms with van der Waals surface area (Å²) in [5.74, 6) is -0.0310. The Bertz CT molecular complexity index is 1480. The molecule has 2 aliphatic rings. The minimum atomic E-state index is -1.09. The number of rotatable bonds is 10. The van der Waals surface area contributed by atoms with E-state index in [1.807, 2.05) is 16.7 Å². The molecule has 13 nitrogen and oxygen atoms in total. The van der Waals surface area contributed by atoms with E-state index >= 15 is 0 Å². The molecule has 2 aromatic heterocycles. The predicted molar refractivity (Wildman–Crippen MR) is 156 cm³/mol. The molecule has 1 atom stereocenters. The van der Waals surface area contributed by atoms with Crippen molar-refractivity contribution in [1.29, 1.82) is 0 Å². The van der Waals surface area contributed by atoms with Crippen molar-refractivity contribution < 1.29 is 33.7 Å². The molecule has 1 fully saturated rings. The third kappa shape index (κ3) is 7.48. The number of carboxylic acids is 1. The SMILES string of the molecule is C[C@H](OC(=O)CCC(=O)O)C(=O)N1CCC(CCn2c(Sc3cc4c(cc3Br)OCO4)nc3c(N)ncnc32)CC1.[Na]. The van der Waals surface area contributed by atoms with Gasteiger partial charge >= 0.3 is 11.9 Å². The summed E-state index contributed by atoms with van der Waals surface area (Å²) in [6.45, 7) is 3.44. The van der Waals surface area contributed by atoms with E-state index in [4.69, 9.17) is 30.0 Å². The molecular weight excluding hydrogens is 643 g/mol. The predicted octanol–water partition coefficient (Wildman–Crippen LogP) is 3.10. The summed E-state index contributed by atoms with van der Waals surface area (Å²) in [7, 11) is 0. The number of ether oxygens (including phenoxy) is 3. The minimum absolute atomic E-state index is 0. The third-order valence-electron chi connectivity index (χ3n) is 7.04. The topological polar surface area (TPSA) is 172 Å². The molecule has 2 aliphatic heterocycles. The van der Waals surface area contributed by atoms with E-state index in [0.717, 1.165) is 33.8 Å². The number of carbonyl (C=O) groups excluding carboxylic acids is 2. The van der Waals surface area contributed by atoms with Gasteiger partial charge in [-0.3, -0.25) is 14.4 Å². The van der Waals surface area contributed by atoms with Crippen LogP contribution >= 0.6 is 27.7 Å². The van der Waals surface area contributed by atoms with Crippen LogP contribution in [-0.2, 0) is 25.7 Å². The zero-order valence-corrected chi connectivity index (χ0v) is 27.6. The molecule has 1 amide bonds. The number of aromatic nitrogens is 4. The summed E-state index contributed by atoms with van der Waals surface area (Å²) in [6.07, 6.45) is 2.32. The van der Waals surface area contributed by atoms with E-state index < -0.39 is 18.0 Å². The maximum absolute atomic E-state index is 12.8. The first-order chi connectivity index (χ1) is 19.7. The number of aryl methyl sites for hydroxylation is 1. The number of aliphatic carboxylic acids is 1. The Hall–Kier alpha value is -2.59. The van der Waals surface area contributed by atoms with E-state index in [1.54, 1.807) is 4.90 Å². The third-order valence-corrected chi connectivity index (χ3v) is 9.01. The van der Waals surface area contributed by atoms with Gasteiger partial charge in [0, 0.05) is 58.6 Å². The smallest absolute Gasteiger partial charge is 0.307 e. The van der Waals surface area contributed by atoms with E-state index in [1.165, 1.54) is 25.0 Å². The summed E-state index contributed by atoms with van der Waals surface area (Å²) in [4.78, 5) is 51.2. The number of anilines is 1. The summed E-state index contributed by atoms with van der Waals surface area (Å²) in [5.41, 5.74) is 7.32. The Morgan fingerprint density at radius 2 is 1.90 bits per heavy atom. The molecule has 0 saturated carbocycles. The van der Waals surface area contributed by atoms with Gasteiger partial charge in [-0.1, -0.05) is 11.8 Å². The maximum Gasteiger partial charge on any atom is 0.307 e. The fourth-order valence-corrected chi connectivity index (χ4v) is 6.32. The second-order valence-electron chi connectivity index (χ2n) is 9.80. The Kier molecular flexibility index (Phi) is 11.0. The standard InChI is InChI=1S/C26H29BrN6O7S.Na/c1-14(40-21(36)3-2-20(34)35)25(37)32-7-4-15(5-8-32)6-9-33-24-22(23(28)29-12-30-24)31-26(33)41-19-11-18-17(10-16(19)27)38-13-39-18;/h10-12,14-15H,2-9,13H2,1H3,(H,34,35)(H2,28,29,30);/t14-;/m0./s1. The van der Waals surface area contributed by atoms with Crippen LogP contribution in [-0.4, -0.2) is 103 Å². The molecule has 1 radical (unpaired) electrons. The normalized spacial score (nSPS) is 15.3.